The Balaban J connectivity index is 1.34. The summed E-state index contributed by atoms with van der Waals surface area (Å²) in [5, 5.41) is 22.2. The molecule has 0 unspecified atom stereocenters. The van der Waals surface area contributed by atoms with Gasteiger partial charge in [0.15, 0.2) is 0 Å². The highest BCUT2D eigenvalue weighted by molar-refractivity contribution is 5.79. The Morgan fingerprint density at radius 3 is 2.23 bits per heavy atom. The molecule has 0 saturated heterocycles. The molecular weight excluding hydrogens is 536 g/mol. The minimum atomic E-state index is -0.685. The lowest BCUT2D eigenvalue weighted by Crippen LogP contribution is -2.67. The van der Waals surface area contributed by atoms with E-state index in [4.69, 9.17) is 9.47 Å². The second kappa shape index (κ2) is 10.1. The fraction of sp³-hybridized carbons (Fsp3) is 0.763. The first kappa shape index (κ1) is 31.1. The van der Waals surface area contributed by atoms with E-state index in [-0.39, 0.29) is 39.0 Å². The number of hydrogen-bond donors (Lipinski definition) is 2. The second-order valence-corrected chi connectivity index (χ2v) is 17.3. The highest BCUT2D eigenvalue weighted by Gasteiger charge is 2.70. The van der Waals surface area contributed by atoms with Crippen LogP contribution in [-0.4, -0.2) is 35.5 Å². The van der Waals surface area contributed by atoms with Crippen molar-refractivity contribution in [2.24, 2.45) is 50.2 Å². The predicted molar refractivity (Wildman–Crippen MR) is 169 cm³/mol. The minimum Gasteiger partial charge on any atom is -0.497 e. The van der Waals surface area contributed by atoms with Gasteiger partial charge in [0.2, 0.25) is 0 Å². The van der Waals surface area contributed by atoms with Crippen LogP contribution >= 0.6 is 0 Å². The minimum absolute atomic E-state index is 0.00704. The van der Waals surface area contributed by atoms with Crippen molar-refractivity contribution in [2.75, 3.05) is 7.11 Å². The van der Waals surface area contributed by atoms with Gasteiger partial charge >= 0.3 is 5.97 Å². The van der Waals surface area contributed by atoms with Gasteiger partial charge < -0.3 is 19.7 Å². The number of esters is 1. The van der Waals surface area contributed by atoms with E-state index in [1.807, 2.05) is 24.3 Å². The van der Waals surface area contributed by atoms with Gasteiger partial charge in [0.05, 0.1) is 24.7 Å². The normalized spacial score (nSPS) is 44.5. The van der Waals surface area contributed by atoms with Crippen molar-refractivity contribution in [3.63, 3.8) is 0 Å². The van der Waals surface area contributed by atoms with Crippen LogP contribution in [0.2, 0.25) is 0 Å². The number of benzene rings is 1. The molecule has 6 rings (SSSR count). The van der Waals surface area contributed by atoms with Gasteiger partial charge in [-0.25, -0.2) is 0 Å². The van der Waals surface area contributed by atoms with E-state index in [0.717, 1.165) is 62.7 Å². The molecule has 0 aliphatic heterocycles. The van der Waals surface area contributed by atoms with Crippen LogP contribution in [0.1, 0.15) is 112 Å². The van der Waals surface area contributed by atoms with Crippen molar-refractivity contribution in [1.82, 2.24) is 0 Å². The highest BCUT2D eigenvalue weighted by Crippen LogP contribution is 2.75. The lowest BCUT2D eigenvalue weighted by Gasteiger charge is -2.71. The van der Waals surface area contributed by atoms with E-state index in [1.165, 1.54) is 5.57 Å². The number of hydrogen-bond acceptors (Lipinski definition) is 5. The standard InChI is InChI=1S/C38H56O5/c1-33(2)17-19-38(32(41)43-23-24-9-11-25(42-8)12-10-24)20-18-36(6)26(27(38)21-33)13-14-30-35(5)22-28(39)31(40)34(3,4)29(35)15-16-37(30,36)7/h9-13,27-31,39-40H,14-23H2,1-8H3/t27-,28+,29-,30+,31-,35-,36+,37+,38-/m0/s1. The van der Waals surface area contributed by atoms with Crippen LogP contribution < -0.4 is 4.74 Å². The molecule has 5 aliphatic carbocycles. The fourth-order valence-corrected chi connectivity index (χ4v) is 11.8. The van der Waals surface area contributed by atoms with Crippen LogP contribution in [0.5, 0.6) is 5.75 Å². The summed E-state index contributed by atoms with van der Waals surface area (Å²) in [4.78, 5) is 14.3. The van der Waals surface area contributed by atoms with Crippen LogP contribution in [0.15, 0.2) is 35.9 Å². The summed E-state index contributed by atoms with van der Waals surface area (Å²) in [5.41, 5.74) is 1.92. The topological polar surface area (TPSA) is 76.0 Å². The molecule has 4 fully saturated rings. The maximum absolute atomic E-state index is 14.3. The molecule has 1 aromatic rings. The first-order valence-corrected chi connectivity index (χ1v) is 16.9. The number of fused-ring (bicyclic) bond motifs is 7. The molecule has 2 N–H and O–H groups in total. The van der Waals surface area contributed by atoms with Crippen molar-refractivity contribution in [2.45, 2.75) is 125 Å². The largest absolute Gasteiger partial charge is 0.497 e. The number of ether oxygens (including phenoxy) is 2. The van der Waals surface area contributed by atoms with Crippen LogP contribution in [0, 0.1) is 50.2 Å². The molecule has 43 heavy (non-hydrogen) atoms. The molecule has 0 heterocycles. The number of aliphatic hydroxyl groups excluding tert-OH is 2. The highest BCUT2D eigenvalue weighted by atomic mass is 16.5. The zero-order valence-corrected chi connectivity index (χ0v) is 28.0. The van der Waals surface area contributed by atoms with E-state index in [9.17, 15) is 15.0 Å². The van der Waals surface area contributed by atoms with Gasteiger partial charge in [-0.05, 0) is 120 Å². The summed E-state index contributed by atoms with van der Waals surface area (Å²) in [7, 11) is 1.66. The quantitative estimate of drug-likeness (QED) is 0.275. The second-order valence-electron chi connectivity index (χ2n) is 17.3. The zero-order valence-electron chi connectivity index (χ0n) is 28.0. The lowest BCUT2D eigenvalue weighted by molar-refractivity contribution is -0.232. The Labute approximate surface area is 259 Å². The number of rotatable bonds is 4. The van der Waals surface area contributed by atoms with Gasteiger partial charge in [-0.1, -0.05) is 72.2 Å². The van der Waals surface area contributed by atoms with Crippen LogP contribution in [-0.2, 0) is 16.1 Å². The van der Waals surface area contributed by atoms with E-state index in [2.05, 4.69) is 54.5 Å². The van der Waals surface area contributed by atoms with Crippen LogP contribution in [0.4, 0.5) is 0 Å². The Morgan fingerprint density at radius 2 is 1.56 bits per heavy atom. The molecule has 0 amide bonds. The molecule has 1 aromatic carbocycles. The zero-order chi connectivity index (χ0) is 31.2. The van der Waals surface area contributed by atoms with Gasteiger partial charge in [0, 0.05) is 0 Å². The Morgan fingerprint density at radius 1 is 0.884 bits per heavy atom. The lowest BCUT2D eigenvalue weighted by atomic mass is 9.33. The summed E-state index contributed by atoms with van der Waals surface area (Å²) in [6.45, 7) is 16.9. The molecule has 5 heteroatoms. The summed E-state index contributed by atoms with van der Waals surface area (Å²) in [6, 6.07) is 7.80. The predicted octanol–water partition coefficient (Wildman–Crippen LogP) is 7.87. The molecule has 238 valence electrons. The number of methoxy groups -OCH3 is 1. The van der Waals surface area contributed by atoms with Crippen molar-refractivity contribution >= 4 is 5.97 Å². The van der Waals surface area contributed by atoms with Gasteiger partial charge in [-0.15, -0.1) is 0 Å². The SMILES string of the molecule is COc1ccc(COC(=O)[C@]23CCC(C)(C)C[C@H]2C2=CC[C@@H]4[C@@]5(C)C[C@@H](O)[C@H](O)C(C)(C)[C@@H]5CC[C@@]4(C)[C@]2(C)CC3)cc1. The molecule has 0 bridgehead atoms. The van der Waals surface area contributed by atoms with Crippen LogP contribution in [0.25, 0.3) is 0 Å². The van der Waals surface area contributed by atoms with E-state index in [0.29, 0.717) is 24.9 Å². The maximum Gasteiger partial charge on any atom is 0.313 e. The average Bonchev–Trinajstić information content (AvgIpc) is 2.95. The number of carbonyl (C=O) groups is 1. The van der Waals surface area contributed by atoms with Gasteiger partial charge in [0.25, 0.3) is 0 Å². The Hall–Kier alpha value is -1.85. The summed E-state index contributed by atoms with van der Waals surface area (Å²) < 4.78 is 11.5. The first-order valence-electron chi connectivity index (χ1n) is 16.9. The molecule has 5 nitrogen and oxygen atoms in total. The molecule has 4 saturated carbocycles. The Kier molecular flexibility index (Phi) is 7.30. The summed E-state index contributed by atoms with van der Waals surface area (Å²) >= 11 is 0. The summed E-state index contributed by atoms with van der Waals surface area (Å²) in [6.07, 6.45) is 9.87. The summed E-state index contributed by atoms with van der Waals surface area (Å²) in [5.74, 6) is 1.79. The van der Waals surface area contributed by atoms with Gasteiger partial charge in [-0.2, -0.15) is 0 Å². The number of allylic oxidation sites excluding steroid dienone is 2. The third-order valence-electron chi connectivity index (χ3n) is 14.5. The molecule has 0 aromatic heterocycles. The van der Waals surface area contributed by atoms with Crippen molar-refractivity contribution in [3.8, 4) is 5.75 Å². The van der Waals surface area contributed by atoms with E-state index in [1.54, 1.807) is 7.11 Å². The molecular formula is C38H56O5. The monoisotopic (exact) mass is 592 g/mol. The third kappa shape index (κ3) is 4.41. The molecule has 0 radical (unpaired) electrons. The van der Waals surface area contributed by atoms with Crippen molar-refractivity contribution in [1.29, 1.82) is 0 Å². The van der Waals surface area contributed by atoms with Crippen molar-refractivity contribution < 1.29 is 24.5 Å². The molecule has 5 aliphatic rings. The van der Waals surface area contributed by atoms with Gasteiger partial charge in [-0.3, -0.25) is 4.79 Å². The van der Waals surface area contributed by atoms with E-state index < -0.39 is 17.6 Å². The fourth-order valence-electron chi connectivity index (χ4n) is 11.8. The van der Waals surface area contributed by atoms with Gasteiger partial charge in [0.1, 0.15) is 12.4 Å². The maximum atomic E-state index is 14.3. The third-order valence-corrected chi connectivity index (χ3v) is 14.5. The van der Waals surface area contributed by atoms with Crippen LogP contribution in [0.3, 0.4) is 0 Å². The number of aliphatic hydroxyl groups is 2. The van der Waals surface area contributed by atoms with E-state index >= 15 is 0 Å². The average molecular weight is 593 g/mol. The molecule has 9 atom stereocenters. The Bertz CT molecular complexity index is 1280. The molecule has 0 spiro atoms. The number of carbonyl (C=O) groups excluding carboxylic acids is 1. The first-order chi connectivity index (χ1) is 20.0. The van der Waals surface area contributed by atoms with Crippen molar-refractivity contribution in [3.05, 3.63) is 41.5 Å². The smallest absolute Gasteiger partial charge is 0.313 e.